The molecule has 8 unspecified atom stereocenters. The van der Waals surface area contributed by atoms with Gasteiger partial charge in [0.25, 0.3) is 11.8 Å². The number of aromatic nitrogens is 4. The van der Waals surface area contributed by atoms with E-state index in [-0.39, 0.29) is 163 Å². The first-order chi connectivity index (χ1) is 55.4. The number of phosphoric acid groups is 2. The zero-order valence-corrected chi connectivity index (χ0v) is 69.4. The Bertz CT molecular complexity index is 4000. The molecular formula is C68H98F4N8O32P2S4. The third-order valence-corrected chi connectivity index (χ3v) is 25.9. The van der Waals surface area contributed by atoms with E-state index in [1.165, 1.54) is 37.4 Å². The van der Waals surface area contributed by atoms with Crippen molar-refractivity contribution in [3.05, 3.63) is 45.5 Å². The lowest BCUT2D eigenvalue weighted by molar-refractivity contribution is -0.147. The first-order valence-corrected chi connectivity index (χ1v) is 44.3. The van der Waals surface area contributed by atoms with Crippen LogP contribution in [0.1, 0.15) is 130 Å². The molecule has 40 nitrogen and oxygen atoms in total. The molecule has 2 saturated heterocycles. The fourth-order valence-electron chi connectivity index (χ4n) is 11.1. The smallest absolute Gasteiger partial charge is 0.469 e. The number of carboxylic acid groups (broad SMARTS) is 2. The number of alkyl halides is 4. The molecule has 2 aliphatic heterocycles. The lowest BCUT2D eigenvalue weighted by atomic mass is 9.99. The number of rotatable bonds is 54. The quantitative estimate of drug-likeness (QED) is 0.0196. The van der Waals surface area contributed by atoms with Crippen LogP contribution in [0.2, 0.25) is 0 Å². The van der Waals surface area contributed by atoms with Gasteiger partial charge in [-0.2, -0.15) is 74.6 Å². The van der Waals surface area contributed by atoms with E-state index in [1.807, 2.05) is 13.8 Å². The molecule has 0 aromatic carbocycles. The first-order valence-electron chi connectivity index (χ1n) is 37.0. The minimum atomic E-state index is -5.10. The number of hydrogen-bond donors (Lipinski definition) is 12. The van der Waals surface area contributed by atoms with Crippen molar-refractivity contribution >= 4 is 145 Å². The van der Waals surface area contributed by atoms with E-state index in [0.29, 0.717) is 28.9 Å². The number of aliphatic hydroxyl groups excluding tert-OH is 2. The molecule has 0 radical (unpaired) electrons. The Morgan fingerprint density at radius 2 is 0.873 bits per heavy atom. The van der Waals surface area contributed by atoms with Crippen molar-refractivity contribution in [1.82, 2.24) is 29.7 Å². The van der Waals surface area contributed by atoms with E-state index >= 15 is 0 Å². The zero-order valence-electron chi connectivity index (χ0n) is 64.4. The molecule has 50 heteroatoms. The molecule has 2 aromatic heterocycles. The SMILES string of the molecule is CCC(CSC1CCC1SCC(CC(=O)CCOCCC(C)=O)C(=O)NCCC(=O)OCC(=O)Nc1ccn([C@@H]2O[C@H](COP(=O)(O)O)[C@@H](O)C2(F)F)c(=O)n1)C(=O)O.CCC(CSC1CCC1SCC(CC(=O)CCOCCC(C)=O)C(=O)O)C(=O)NCCC(=O)OCC(=O)Nc1ccn([C@@H]2O[C@H](COP(=O)(O)O)[C@@H](O)C2(F)F)c(=O)n1. The van der Waals surface area contributed by atoms with Crippen molar-refractivity contribution in [2.75, 3.05) is 99.6 Å². The van der Waals surface area contributed by atoms with Gasteiger partial charge in [-0.3, -0.25) is 75.7 Å². The summed E-state index contributed by atoms with van der Waals surface area (Å²) in [5.74, 6) is -16.8. The first kappa shape index (κ1) is 102. The maximum atomic E-state index is 14.7. The van der Waals surface area contributed by atoms with Crippen molar-refractivity contribution in [3.8, 4) is 0 Å². The second-order valence-electron chi connectivity index (χ2n) is 27.4. The number of nitrogens with zero attached hydrogens (tertiary/aromatic N) is 4. The molecular weight excluding hydrogens is 1710 g/mol. The highest BCUT2D eigenvalue weighted by atomic mass is 32.2. The maximum Gasteiger partial charge on any atom is 0.469 e. The van der Waals surface area contributed by atoms with Crippen LogP contribution in [0.15, 0.2) is 34.1 Å². The number of Topliss-reactive ketones (excluding diaryl/α,β-unsaturated/α-hetero) is 4. The summed E-state index contributed by atoms with van der Waals surface area (Å²) in [6, 6.07) is 1.86. The van der Waals surface area contributed by atoms with Crippen molar-refractivity contribution in [2.24, 2.45) is 23.7 Å². The standard InChI is InChI=1S/2C34H49F2N4O16PS2/c1-3-20(31(47)48)17-58-24-4-5-25(24)59-18-21(14-22(42)9-13-53-12-8-19(2)41)30(46)37-10-6-28(44)54-16-27(43)38-26-7-11-40(33(49)39-26)32-34(35,36)29(45)23(56-32)15-55-57(50,51)52;1-3-20(17-58-24-4-5-25(24)59-18-21(31(47)48)14-22(42)9-13-53-12-8-19(2)41)30(46)37-10-6-28(44)54-16-27(43)38-26-7-11-40(33(49)39-26)32-34(35,36)29(45)23(56-32)15-55-57(50,51)52/h2*7,11,20-21,23-25,29,32,45H,3-6,8-10,12-18H2,1-2H3,(H,37,46)(H,47,48)(H2,50,51,52)(H,38,39,43,49)/t2*20?,21?,23-,24?,25?,29-,32-/m11/s1. The lowest BCUT2D eigenvalue weighted by Crippen LogP contribution is -2.42. The van der Waals surface area contributed by atoms with Crippen LogP contribution >= 0.6 is 62.7 Å². The van der Waals surface area contributed by atoms with Crippen LogP contribution in [0.3, 0.4) is 0 Å². The molecule has 2 aliphatic carbocycles. The number of anilines is 2. The number of carboxylic acids is 2. The minimum absolute atomic E-state index is 0.0227. The Hall–Kier alpha value is -6.70. The number of carbonyl (C=O) groups excluding carboxylic acids is 10. The van der Waals surface area contributed by atoms with E-state index in [4.69, 9.17) is 48.0 Å². The van der Waals surface area contributed by atoms with E-state index in [1.54, 1.807) is 23.5 Å². The van der Waals surface area contributed by atoms with Gasteiger partial charge in [0.2, 0.25) is 24.3 Å². The molecule has 4 heterocycles. The average molecular weight is 1810 g/mol. The number of amides is 4. The number of esters is 2. The van der Waals surface area contributed by atoms with Crippen LogP contribution in [-0.4, -0.2) is 276 Å². The largest absolute Gasteiger partial charge is 0.481 e. The highest BCUT2D eigenvalue weighted by Gasteiger charge is 2.61. The van der Waals surface area contributed by atoms with Crippen LogP contribution in [0.25, 0.3) is 0 Å². The Balaban J connectivity index is 0.000000420. The summed E-state index contributed by atoms with van der Waals surface area (Å²) in [5.41, 5.74) is -2.72. The molecule has 4 fully saturated rings. The van der Waals surface area contributed by atoms with Crippen molar-refractivity contribution < 1.29 is 162 Å². The zero-order chi connectivity index (χ0) is 87.8. The average Bonchev–Trinajstić information content (AvgIpc) is 1.62. The maximum absolute atomic E-state index is 14.7. The summed E-state index contributed by atoms with van der Waals surface area (Å²) in [6.45, 7) is 2.92. The lowest BCUT2D eigenvalue weighted by Gasteiger charge is -2.36. The monoisotopic (exact) mass is 1800 g/mol. The number of ketones is 4. The van der Waals surface area contributed by atoms with Crippen molar-refractivity contribution in [3.63, 3.8) is 0 Å². The summed E-state index contributed by atoms with van der Waals surface area (Å²) < 4.78 is 120. The van der Waals surface area contributed by atoms with Crippen LogP contribution in [0.4, 0.5) is 29.2 Å². The fourth-order valence-corrected chi connectivity index (χ4v) is 18.5. The normalized spacial score (nSPS) is 22.1. The third kappa shape index (κ3) is 35.0. The molecule has 2 aromatic rings. The summed E-state index contributed by atoms with van der Waals surface area (Å²) in [6.07, 6.45) is -8.10. The fraction of sp³-hybridized carbons (Fsp3) is 0.706. The highest BCUT2D eigenvalue weighted by Crippen LogP contribution is 2.48. The van der Waals surface area contributed by atoms with Crippen LogP contribution in [0.5, 0.6) is 0 Å². The van der Waals surface area contributed by atoms with Gasteiger partial charge < -0.3 is 89.7 Å². The van der Waals surface area contributed by atoms with Crippen molar-refractivity contribution in [2.45, 2.75) is 187 Å². The van der Waals surface area contributed by atoms with E-state index in [0.717, 1.165) is 50.2 Å². The summed E-state index contributed by atoms with van der Waals surface area (Å²) >= 11 is 6.23. The predicted octanol–water partition coefficient (Wildman–Crippen LogP) is 2.61. The molecule has 2 saturated carbocycles. The van der Waals surface area contributed by atoms with E-state index < -0.39 is 173 Å². The van der Waals surface area contributed by atoms with Gasteiger partial charge in [0.15, 0.2) is 25.4 Å². The number of carbonyl (C=O) groups is 12. The van der Waals surface area contributed by atoms with Gasteiger partial charge in [-0.1, -0.05) is 13.8 Å². The molecule has 4 aliphatic rings. The Kier molecular flexibility index (Phi) is 42.7. The molecule has 4 amide bonds. The number of aliphatic hydroxyl groups is 2. The number of hydrogen-bond acceptors (Lipinski definition) is 32. The summed E-state index contributed by atoms with van der Waals surface area (Å²) in [5, 5.41) is 49.1. The van der Waals surface area contributed by atoms with Crippen molar-refractivity contribution in [1.29, 1.82) is 0 Å². The molecule has 6 rings (SSSR count). The van der Waals surface area contributed by atoms with Crippen LogP contribution in [-0.2, 0) is 104 Å². The Labute approximate surface area is 689 Å². The second kappa shape index (κ2) is 49.4. The van der Waals surface area contributed by atoms with Gasteiger partial charge in [-0.15, -0.1) is 0 Å². The minimum Gasteiger partial charge on any atom is -0.481 e. The highest BCUT2D eigenvalue weighted by molar-refractivity contribution is 8.04. The molecule has 12 N–H and O–H groups in total. The summed E-state index contributed by atoms with van der Waals surface area (Å²) in [7, 11) is -10.2. The number of aliphatic carboxylic acids is 2. The molecule has 14 atom stereocenters. The topological polar surface area (TPSA) is 593 Å². The number of phosphoric ester groups is 2. The number of ether oxygens (including phenoxy) is 6. The van der Waals surface area contributed by atoms with Gasteiger partial charge in [-0.05, 0) is 64.5 Å². The number of halogens is 4. The van der Waals surface area contributed by atoms with Gasteiger partial charge in [-0.25, -0.2) is 18.7 Å². The predicted molar refractivity (Wildman–Crippen MR) is 411 cm³/mol. The van der Waals surface area contributed by atoms with Gasteiger partial charge in [0.05, 0.1) is 70.2 Å². The van der Waals surface area contributed by atoms with Gasteiger partial charge in [0.1, 0.15) is 47.0 Å². The Morgan fingerprint density at radius 3 is 1.21 bits per heavy atom. The Morgan fingerprint density at radius 1 is 0.534 bits per heavy atom. The van der Waals surface area contributed by atoms with E-state index in [9.17, 15) is 114 Å². The molecule has 0 spiro atoms. The third-order valence-electron chi connectivity index (χ3n) is 18.2. The molecule has 0 bridgehead atoms. The van der Waals surface area contributed by atoms with Crippen LogP contribution in [0, 0.1) is 23.7 Å². The summed E-state index contributed by atoms with van der Waals surface area (Å²) in [4.78, 5) is 213. The van der Waals surface area contributed by atoms with Crippen LogP contribution < -0.4 is 32.6 Å². The molecule has 118 heavy (non-hydrogen) atoms. The van der Waals surface area contributed by atoms with Gasteiger partial charge in [0, 0.05) is 114 Å². The second-order valence-corrected chi connectivity index (χ2v) is 35.0. The van der Waals surface area contributed by atoms with Gasteiger partial charge >= 0.3 is 62.7 Å². The van der Waals surface area contributed by atoms with E-state index in [2.05, 4.69) is 40.3 Å². The number of thioether (sulfide) groups is 4. The number of nitrogens with one attached hydrogen (secondary N) is 4. The molecule has 664 valence electrons.